The second kappa shape index (κ2) is 9.62. The van der Waals surface area contributed by atoms with E-state index < -0.39 is 0 Å². The summed E-state index contributed by atoms with van der Waals surface area (Å²) in [6.45, 7) is 8.58. The molecule has 2 aromatic carbocycles. The highest BCUT2D eigenvalue weighted by Crippen LogP contribution is 2.61. The predicted molar refractivity (Wildman–Crippen MR) is 138 cm³/mol. The van der Waals surface area contributed by atoms with Crippen molar-refractivity contribution in [3.05, 3.63) is 57.6 Å². The van der Waals surface area contributed by atoms with Crippen LogP contribution in [0.15, 0.2) is 40.9 Å². The molecule has 4 bridgehead atoms. The van der Waals surface area contributed by atoms with Crippen LogP contribution in [-0.4, -0.2) is 12.6 Å². The van der Waals surface area contributed by atoms with Crippen LogP contribution in [0.1, 0.15) is 69.1 Å². The molecule has 0 spiro atoms. The van der Waals surface area contributed by atoms with E-state index in [0.29, 0.717) is 24.7 Å². The van der Waals surface area contributed by atoms with Crippen molar-refractivity contribution in [3.8, 4) is 11.5 Å². The maximum Gasteiger partial charge on any atom is 0.175 e. The molecule has 4 aliphatic rings. The fourth-order valence-electron chi connectivity index (χ4n) is 7.28. The maximum atomic E-state index is 6.21. The molecule has 0 aliphatic heterocycles. The Hall–Kier alpha value is -1.52. The van der Waals surface area contributed by atoms with Crippen molar-refractivity contribution in [3.63, 3.8) is 0 Å². The van der Waals surface area contributed by atoms with E-state index >= 15 is 0 Å². The second-order valence-electron chi connectivity index (χ2n) is 11.0. The molecule has 0 amide bonds. The molecular formula is C29H38BrNO2. The van der Waals surface area contributed by atoms with E-state index in [1.165, 1.54) is 55.2 Å². The number of benzene rings is 2. The Labute approximate surface area is 207 Å². The Morgan fingerprint density at radius 3 is 2.33 bits per heavy atom. The Morgan fingerprint density at radius 2 is 1.70 bits per heavy atom. The lowest BCUT2D eigenvalue weighted by atomic mass is 9.48. The van der Waals surface area contributed by atoms with Crippen LogP contribution in [0.4, 0.5) is 0 Å². The van der Waals surface area contributed by atoms with E-state index in [0.717, 1.165) is 40.3 Å². The van der Waals surface area contributed by atoms with Gasteiger partial charge in [0.15, 0.2) is 11.5 Å². The molecule has 0 radical (unpaired) electrons. The molecule has 1 atom stereocenters. The first-order chi connectivity index (χ1) is 15.9. The summed E-state index contributed by atoms with van der Waals surface area (Å²) in [7, 11) is 0. The average molecular weight is 513 g/mol. The quantitative estimate of drug-likeness (QED) is 0.379. The second-order valence-corrected chi connectivity index (χ2v) is 11.9. The first kappa shape index (κ1) is 23.2. The predicted octanol–water partition coefficient (Wildman–Crippen LogP) is 7.43. The van der Waals surface area contributed by atoms with Crippen LogP contribution >= 0.6 is 15.9 Å². The molecule has 3 nitrogen and oxygen atoms in total. The van der Waals surface area contributed by atoms with Crippen LogP contribution in [-0.2, 0) is 13.2 Å². The third-order valence-electron chi connectivity index (χ3n) is 8.45. The summed E-state index contributed by atoms with van der Waals surface area (Å²) in [5.74, 6) is 4.58. The van der Waals surface area contributed by atoms with E-state index in [1.807, 2.05) is 6.92 Å². The highest BCUT2D eigenvalue weighted by atomic mass is 79.9. The fraction of sp³-hybridized carbons (Fsp3) is 0.586. The molecule has 1 N–H and O–H groups in total. The lowest BCUT2D eigenvalue weighted by Crippen LogP contribution is -2.54. The summed E-state index contributed by atoms with van der Waals surface area (Å²) in [5.41, 5.74) is 4.17. The highest BCUT2D eigenvalue weighted by molar-refractivity contribution is 9.10. The average Bonchev–Trinajstić information content (AvgIpc) is 2.76. The molecule has 4 saturated carbocycles. The topological polar surface area (TPSA) is 30.5 Å². The SMILES string of the molecule is CCOc1cc(CNC(C)C23CC4CC(CC(C4)C2)C3)cc(Br)c1OCc1cccc(C)c1. The molecule has 0 heterocycles. The zero-order chi connectivity index (χ0) is 23.0. The Bertz CT molecular complexity index is 952. The van der Waals surface area contributed by atoms with Gasteiger partial charge in [0.1, 0.15) is 6.61 Å². The number of aryl methyl sites for hydroxylation is 1. The monoisotopic (exact) mass is 511 g/mol. The van der Waals surface area contributed by atoms with Gasteiger partial charge < -0.3 is 14.8 Å². The minimum atomic E-state index is 0.519. The smallest absolute Gasteiger partial charge is 0.175 e. The summed E-state index contributed by atoms with van der Waals surface area (Å²) in [6, 6.07) is 13.3. The van der Waals surface area contributed by atoms with Crippen LogP contribution in [0.25, 0.3) is 0 Å². The summed E-state index contributed by atoms with van der Waals surface area (Å²) >= 11 is 3.76. The fourth-order valence-corrected chi connectivity index (χ4v) is 7.88. The number of nitrogens with one attached hydrogen (secondary N) is 1. The summed E-state index contributed by atoms with van der Waals surface area (Å²) in [4.78, 5) is 0. The molecule has 2 aromatic rings. The van der Waals surface area contributed by atoms with E-state index in [4.69, 9.17) is 9.47 Å². The van der Waals surface area contributed by atoms with Crippen molar-refractivity contribution in [2.45, 2.75) is 78.5 Å². The summed E-state index contributed by atoms with van der Waals surface area (Å²) in [6.07, 6.45) is 8.81. The number of rotatable bonds is 9. The molecule has 0 saturated heterocycles. The highest BCUT2D eigenvalue weighted by Gasteiger charge is 2.52. The van der Waals surface area contributed by atoms with Crippen LogP contribution < -0.4 is 14.8 Å². The molecule has 178 valence electrons. The first-order valence-corrected chi connectivity index (χ1v) is 13.6. The van der Waals surface area contributed by atoms with Gasteiger partial charge in [0, 0.05) is 12.6 Å². The molecule has 4 aliphatic carbocycles. The third-order valence-corrected chi connectivity index (χ3v) is 9.04. The van der Waals surface area contributed by atoms with Gasteiger partial charge in [-0.15, -0.1) is 0 Å². The molecule has 4 heteroatoms. The van der Waals surface area contributed by atoms with Gasteiger partial charge in [0.2, 0.25) is 0 Å². The summed E-state index contributed by atoms with van der Waals surface area (Å²) in [5, 5.41) is 3.92. The van der Waals surface area contributed by atoms with Gasteiger partial charge in [0.25, 0.3) is 0 Å². The van der Waals surface area contributed by atoms with Gasteiger partial charge in [-0.25, -0.2) is 0 Å². The molecular weight excluding hydrogens is 474 g/mol. The number of halogens is 1. The maximum absolute atomic E-state index is 6.21. The largest absolute Gasteiger partial charge is 0.490 e. The van der Waals surface area contributed by atoms with Gasteiger partial charge in [-0.3, -0.25) is 0 Å². The van der Waals surface area contributed by atoms with Gasteiger partial charge in [-0.2, -0.15) is 0 Å². The molecule has 33 heavy (non-hydrogen) atoms. The van der Waals surface area contributed by atoms with Gasteiger partial charge in [-0.1, -0.05) is 29.8 Å². The molecule has 0 aromatic heterocycles. The van der Waals surface area contributed by atoms with Crippen molar-refractivity contribution < 1.29 is 9.47 Å². The van der Waals surface area contributed by atoms with Crippen LogP contribution in [0.3, 0.4) is 0 Å². The molecule has 1 unspecified atom stereocenters. The van der Waals surface area contributed by atoms with Crippen molar-refractivity contribution in [2.75, 3.05) is 6.61 Å². The lowest BCUT2D eigenvalue weighted by molar-refractivity contribution is -0.0706. The van der Waals surface area contributed by atoms with Gasteiger partial charge >= 0.3 is 0 Å². The van der Waals surface area contributed by atoms with Gasteiger partial charge in [0.05, 0.1) is 11.1 Å². The van der Waals surface area contributed by atoms with E-state index in [9.17, 15) is 0 Å². The van der Waals surface area contributed by atoms with Crippen LogP contribution in [0, 0.1) is 30.1 Å². The Balaban J connectivity index is 1.27. The van der Waals surface area contributed by atoms with Crippen molar-refractivity contribution >= 4 is 15.9 Å². The third kappa shape index (κ3) is 4.98. The van der Waals surface area contributed by atoms with Crippen molar-refractivity contribution in [2.24, 2.45) is 23.2 Å². The zero-order valence-electron chi connectivity index (χ0n) is 20.3. The van der Waals surface area contributed by atoms with Crippen LogP contribution in [0.2, 0.25) is 0 Å². The van der Waals surface area contributed by atoms with E-state index in [1.54, 1.807) is 0 Å². The van der Waals surface area contributed by atoms with Crippen LogP contribution in [0.5, 0.6) is 11.5 Å². The van der Waals surface area contributed by atoms with Gasteiger partial charge in [-0.05, 0) is 122 Å². The minimum absolute atomic E-state index is 0.519. The lowest BCUT2D eigenvalue weighted by Gasteiger charge is -2.59. The molecule has 6 rings (SSSR count). The van der Waals surface area contributed by atoms with E-state index in [2.05, 4.69) is 71.5 Å². The normalized spacial score (nSPS) is 28.7. The molecule has 4 fully saturated rings. The zero-order valence-corrected chi connectivity index (χ0v) is 21.9. The number of hydrogen-bond acceptors (Lipinski definition) is 3. The number of hydrogen-bond donors (Lipinski definition) is 1. The number of ether oxygens (including phenoxy) is 2. The van der Waals surface area contributed by atoms with Crippen molar-refractivity contribution in [1.29, 1.82) is 0 Å². The Kier molecular flexibility index (Phi) is 6.77. The minimum Gasteiger partial charge on any atom is -0.490 e. The first-order valence-electron chi connectivity index (χ1n) is 12.8. The van der Waals surface area contributed by atoms with E-state index in [-0.39, 0.29) is 0 Å². The summed E-state index contributed by atoms with van der Waals surface area (Å²) < 4.78 is 13.2. The Morgan fingerprint density at radius 1 is 1.00 bits per heavy atom. The van der Waals surface area contributed by atoms with Crippen molar-refractivity contribution in [1.82, 2.24) is 5.32 Å². The standard InChI is InChI=1S/C29H38BrNO2/c1-4-32-27-13-25(12-26(30)28(27)33-18-21-7-5-6-19(2)8-21)17-31-20(3)29-14-22-9-23(15-29)11-24(10-22)16-29/h5-8,12-13,20,22-24,31H,4,9-11,14-18H2,1-3H3.